The number of benzene rings is 2. The third kappa shape index (κ3) is 4.71. The third-order valence-corrected chi connectivity index (χ3v) is 6.45. The summed E-state index contributed by atoms with van der Waals surface area (Å²) in [6.07, 6.45) is 2.53. The monoisotopic (exact) mass is 409 g/mol. The van der Waals surface area contributed by atoms with Crippen molar-refractivity contribution in [1.82, 2.24) is 15.2 Å². The molecule has 1 N–H and O–H groups in total. The molecule has 1 aliphatic heterocycles. The van der Waals surface area contributed by atoms with Gasteiger partial charge in [-0.05, 0) is 68.2 Å². The van der Waals surface area contributed by atoms with Crippen LogP contribution in [0.15, 0.2) is 48.5 Å². The molecular formula is C23H24FN3OS. The zero-order valence-corrected chi connectivity index (χ0v) is 17.3. The molecule has 29 heavy (non-hydrogen) atoms. The van der Waals surface area contributed by atoms with Gasteiger partial charge in [0.05, 0.1) is 5.69 Å². The smallest absolute Gasteiger partial charge is 0.263 e. The number of amides is 1. The van der Waals surface area contributed by atoms with E-state index in [9.17, 15) is 9.18 Å². The number of rotatable bonds is 6. The molecule has 1 amide bonds. The number of likely N-dealkylation sites (tertiary alicyclic amines) is 1. The summed E-state index contributed by atoms with van der Waals surface area (Å²) in [5.41, 5.74) is 3.92. The topological polar surface area (TPSA) is 45.2 Å². The summed E-state index contributed by atoms with van der Waals surface area (Å²) < 4.78 is 13.2. The molecule has 4 nitrogen and oxygen atoms in total. The summed E-state index contributed by atoms with van der Waals surface area (Å²) in [7, 11) is 0. The van der Waals surface area contributed by atoms with Gasteiger partial charge in [0.1, 0.15) is 15.7 Å². The number of hydrogen-bond acceptors (Lipinski definition) is 4. The van der Waals surface area contributed by atoms with Gasteiger partial charge in [-0.3, -0.25) is 9.69 Å². The van der Waals surface area contributed by atoms with Gasteiger partial charge in [-0.1, -0.05) is 24.3 Å². The summed E-state index contributed by atoms with van der Waals surface area (Å²) in [4.78, 5) is 20.3. The molecule has 0 atom stereocenters. The molecule has 1 aliphatic rings. The fraction of sp³-hybridized carbons (Fsp3) is 0.304. The van der Waals surface area contributed by atoms with Crippen molar-refractivity contribution < 1.29 is 9.18 Å². The normalized spacial score (nSPS) is 14.3. The van der Waals surface area contributed by atoms with Crippen LogP contribution in [0.25, 0.3) is 10.6 Å². The predicted octanol–water partition coefficient (Wildman–Crippen LogP) is 4.78. The lowest BCUT2D eigenvalue weighted by Gasteiger charge is -2.17. The summed E-state index contributed by atoms with van der Waals surface area (Å²) in [5, 5.41) is 3.77. The highest BCUT2D eigenvalue weighted by Gasteiger charge is 2.17. The van der Waals surface area contributed by atoms with Crippen LogP contribution in [0.5, 0.6) is 0 Å². The number of aryl methyl sites for hydroxylation is 1. The van der Waals surface area contributed by atoms with Crippen molar-refractivity contribution in [2.24, 2.45) is 0 Å². The molecule has 1 saturated heterocycles. The number of aromatic nitrogens is 1. The average Bonchev–Trinajstić information content (AvgIpc) is 3.37. The largest absolute Gasteiger partial charge is 0.347 e. The number of nitrogens with zero attached hydrogens (tertiary/aromatic N) is 2. The molecule has 0 radical (unpaired) electrons. The first-order chi connectivity index (χ1) is 14.1. The van der Waals surface area contributed by atoms with Crippen molar-refractivity contribution in [2.75, 3.05) is 13.1 Å². The van der Waals surface area contributed by atoms with Crippen LogP contribution >= 0.6 is 11.3 Å². The molecule has 0 aliphatic carbocycles. The maximum atomic E-state index is 13.2. The van der Waals surface area contributed by atoms with Gasteiger partial charge in [0, 0.05) is 18.7 Å². The van der Waals surface area contributed by atoms with Gasteiger partial charge in [-0.25, -0.2) is 9.37 Å². The van der Waals surface area contributed by atoms with Gasteiger partial charge in [0.25, 0.3) is 5.91 Å². The Hall–Kier alpha value is -2.57. The molecule has 2 heterocycles. The lowest BCUT2D eigenvalue weighted by molar-refractivity contribution is 0.0954. The molecule has 0 spiro atoms. The highest BCUT2D eigenvalue weighted by Crippen LogP contribution is 2.28. The zero-order chi connectivity index (χ0) is 20.2. The lowest BCUT2D eigenvalue weighted by Crippen LogP contribution is -2.24. The number of carbonyl (C=O) groups is 1. The van der Waals surface area contributed by atoms with Gasteiger partial charge >= 0.3 is 0 Å². The molecule has 4 rings (SSSR count). The van der Waals surface area contributed by atoms with Crippen molar-refractivity contribution in [2.45, 2.75) is 32.9 Å². The summed E-state index contributed by atoms with van der Waals surface area (Å²) in [5.74, 6) is -0.406. The Morgan fingerprint density at radius 3 is 2.52 bits per heavy atom. The van der Waals surface area contributed by atoms with E-state index in [-0.39, 0.29) is 11.7 Å². The Balaban J connectivity index is 1.44. The molecule has 0 unspecified atom stereocenters. The predicted molar refractivity (Wildman–Crippen MR) is 114 cm³/mol. The van der Waals surface area contributed by atoms with Crippen molar-refractivity contribution >= 4 is 17.2 Å². The van der Waals surface area contributed by atoms with E-state index < -0.39 is 0 Å². The number of thiazole rings is 1. The van der Waals surface area contributed by atoms with Gasteiger partial charge in [0.2, 0.25) is 0 Å². The Morgan fingerprint density at radius 1 is 1.10 bits per heavy atom. The van der Waals surface area contributed by atoms with Crippen LogP contribution in [-0.4, -0.2) is 28.9 Å². The fourth-order valence-electron chi connectivity index (χ4n) is 3.64. The highest BCUT2D eigenvalue weighted by atomic mass is 32.1. The molecule has 1 fully saturated rings. The van der Waals surface area contributed by atoms with Crippen molar-refractivity contribution in [3.8, 4) is 10.6 Å². The van der Waals surface area contributed by atoms with Crippen LogP contribution < -0.4 is 5.32 Å². The average molecular weight is 410 g/mol. The number of hydrogen-bond donors (Lipinski definition) is 1. The number of carbonyl (C=O) groups excluding carboxylic acids is 1. The minimum atomic E-state index is -0.285. The van der Waals surface area contributed by atoms with Gasteiger partial charge in [-0.2, -0.15) is 0 Å². The maximum Gasteiger partial charge on any atom is 0.263 e. The van der Waals surface area contributed by atoms with Crippen molar-refractivity contribution in [3.63, 3.8) is 0 Å². The summed E-state index contributed by atoms with van der Waals surface area (Å²) >= 11 is 1.34. The Kier molecular flexibility index (Phi) is 6.02. The van der Waals surface area contributed by atoms with E-state index in [1.165, 1.54) is 41.9 Å². The third-order valence-electron chi connectivity index (χ3n) is 5.24. The Labute approximate surface area is 174 Å². The van der Waals surface area contributed by atoms with E-state index in [1.54, 1.807) is 12.1 Å². The molecular weight excluding hydrogens is 385 g/mol. The first-order valence-electron chi connectivity index (χ1n) is 9.91. The SMILES string of the molecule is Cc1nc(-c2ccc(F)cc2)sc1C(=O)NCc1ccccc1CN1CCCC1. The van der Waals surface area contributed by atoms with Crippen LogP contribution in [0.4, 0.5) is 4.39 Å². The number of halogens is 1. The molecule has 3 aromatic rings. The van der Waals surface area contributed by atoms with E-state index in [1.807, 2.05) is 13.0 Å². The second-order valence-electron chi connectivity index (χ2n) is 7.38. The fourth-order valence-corrected chi connectivity index (χ4v) is 4.63. The molecule has 150 valence electrons. The minimum Gasteiger partial charge on any atom is -0.347 e. The van der Waals surface area contributed by atoms with E-state index >= 15 is 0 Å². The summed E-state index contributed by atoms with van der Waals surface area (Å²) in [6, 6.07) is 14.5. The van der Waals surface area contributed by atoms with Crippen molar-refractivity contribution in [1.29, 1.82) is 0 Å². The molecule has 0 saturated carbocycles. The van der Waals surface area contributed by atoms with Gasteiger partial charge in [-0.15, -0.1) is 11.3 Å². The van der Waals surface area contributed by atoms with Gasteiger partial charge < -0.3 is 5.32 Å². The first-order valence-corrected chi connectivity index (χ1v) is 10.7. The Morgan fingerprint density at radius 2 is 1.79 bits per heavy atom. The van der Waals surface area contributed by atoms with E-state index in [0.29, 0.717) is 17.1 Å². The second kappa shape index (κ2) is 8.84. The Bertz CT molecular complexity index is 994. The second-order valence-corrected chi connectivity index (χ2v) is 8.37. The quantitative estimate of drug-likeness (QED) is 0.637. The molecule has 2 aromatic carbocycles. The highest BCUT2D eigenvalue weighted by molar-refractivity contribution is 7.17. The van der Waals surface area contributed by atoms with E-state index in [4.69, 9.17) is 0 Å². The minimum absolute atomic E-state index is 0.121. The van der Waals surface area contributed by atoms with Crippen LogP contribution in [0, 0.1) is 12.7 Å². The first kappa shape index (κ1) is 19.7. The standard InChI is InChI=1S/C23H24FN3OS/c1-16-21(29-23(26-16)17-8-10-20(24)11-9-17)22(28)25-14-18-6-2-3-7-19(18)15-27-12-4-5-13-27/h2-3,6-11H,4-5,12-15H2,1H3,(H,25,28). The lowest BCUT2D eigenvalue weighted by atomic mass is 10.1. The molecule has 1 aromatic heterocycles. The van der Waals surface area contributed by atoms with Gasteiger partial charge in [0.15, 0.2) is 0 Å². The van der Waals surface area contributed by atoms with Crippen molar-refractivity contribution in [3.05, 3.63) is 76.0 Å². The van der Waals surface area contributed by atoms with Crippen LogP contribution in [0.2, 0.25) is 0 Å². The molecule has 6 heteroatoms. The zero-order valence-electron chi connectivity index (χ0n) is 16.5. The van der Waals surface area contributed by atoms with E-state index in [0.717, 1.165) is 35.8 Å². The summed E-state index contributed by atoms with van der Waals surface area (Å²) in [6.45, 7) is 5.55. The molecule has 0 bridgehead atoms. The van der Waals surface area contributed by atoms with E-state index in [2.05, 4.69) is 33.4 Å². The van der Waals surface area contributed by atoms with Crippen LogP contribution in [0.1, 0.15) is 39.3 Å². The maximum absolute atomic E-state index is 13.2. The van der Waals surface area contributed by atoms with Crippen LogP contribution in [0.3, 0.4) is 0 Å². The number of nitrogens with one attached hydrogen (secondary N) is 1. The van der Waals surface area contributed by atoms with Crippen LogP contribution in [-0.2, 0) is 13.1 Å².